The zero-order chi connectivity index (χ0) is 17.3. The zero-order valence-corrected chi connectivity index (χ0v) is 24.0. The van der Waals surface area contributed by atoms with Gasteiger partial charge in [-0.05, 0) is 0 Å². The Labute approximate surface area is 161 Å². The SMILES string of the molecule is C[Si](C)(C)C(=P[P-]P=C([Si](C)(C)C)[Si](C)(C)C)[Si](C)(C)C.[Li+]. The van der Waals surface area contributed by atoms with Crippen LogP contribution in [0.5, 0.6) is 0 Å². The van der Waals surface area contributed by atoms with Crippen molar-refractivity contribution < 1.29 is 18.9 Å². The number of hydrogen-bond donors (Lipinski definition) is 0. The van der Waals surface area contributed by atoms with Gasteiger partial charge >= 0.3 is 18.9 Å². The maximum absolute atomic E-state index is 2.54. The molecule has 0 unspecified atom stereocenters. The molecule has 0 N–H and O–H groups in total. The summed E-state index contributed by atoms with van der Waals surface area (Å²) in [6.45, 7) is 30.5. The van der Waals surface area contributed by atoms with Crippen LogP contribution in [-0.4, -0.2) is 41.4 Å². The Morgan fingerprint density at radius 2 is 0.682 bits per heavy atom. The smallest absolute Gasteiger partial charge is 0.419 e. The summed E-state index contributed by atoms with van der Waals surface area (Å²) in [6.07, 6.45) is 0. The van der Waals surface area contributed by atoms with Crippen molar-refractivity contribution in [2.45, 2.75) is 78.6 Å². The summed E-state index contributed by atoms with van der Waals surface area (Å²) in [6, 6.07) is 0. The number of rotatable bonds is 6. The minimum Gasteiger partial charge on any atom is -0.419 e. The van der Waals surface area contributed by atoms with Crippen LogP contribution in [0, 0.1) is 0 Å². The van der Waals surface area contributed by atoms with E-state index in [9.17, 15) is 0 Å². The molecule has 0 aromatic heterocycles. The third kappa shape index (κ3) is 9.65. The zero-order valence-electron chi connectivity index (χ0n) is 17.3. The van der Waals surface area contributed by atoms with Crippen LogP contribution in [0.25, 0.3) is 0 Å². The third-order valence-electron chi connectivity index (χ3n) is 3.13. The summed E-state index contributed by atoms with van der Waals surface area (Å²) in [5.41, 5.74) is 0. The van der Waals surface area contributed by atoms with E-state index in [1.807, 2.05) is 9.08 Å². The Morgan fingerprint density at radius 3 is 0.818 bits per heavy atom. The predicted molar refractivity (Wildman–Crippen MR) is 124 cm³/mol. The van der Waals surface area contributed by atoms with E-state index < -0.39 is 32.3 Å². The van der Waals surface area contributed by atoms with E-state index in [1.165, 1.54) is 0 Å². The molecule has 124 valence electrons. The van der Waals surface area contributed by atoms with Crippen LogP contribution in [-0.2, 0) is 0 Å². The Hall–Kier alpha value is 2.23. The molecule has 0 bridgehead atoms. The first-order valence-corrected chi connectivity index (χ1v) is 25.9. The summed E-state index contributed by atoms with van der Waals surface area (Å²) in [4.78, 5) is 0. The molecule has 0 nitrogen and oxygen atoms in total. The molecule has 0 aliphatic carbocycles. The van der Waals surface area contributed by atoms with Crippen LogP contribution in [0.2, 0.25) is 78.6 Å². The first-order chi connectivity index (χ1) is 8.97. The van der Waals surface area contributed by atoms with Gasteiger partial charge in [-0.25, -0.2) is 0 Å². The molecule has 0 rings (SSSR count). The Balaban J connectivity index is 0. The van der Waals surface area contributed by atoms with E-state index in [1.54, 1.807) is 23.7 Å². The molecule has 0 heterocycles. The second-order valence-corrected chi connectivity index (χ2v) is 37.5. The summed E-state index contributed by atoms with van der Waals surface area (Å²) in [5, 5.41) is 0. The van der Waals surface area contributed by atoms with Gasteiger partial charge < -0.3 is 7.96 Å². The molecule has 0 radical (unpaired) electrons. The largest absolute Gasteiger partial charge is 1.00 e. The second kappa shape index (κ2) is 9.25. The van der Waals surface area contributed by atoms with Gasteiger partial charge in [-0.1, -0.05) is 87.6 Å². The van der Waals surface area contributed by atoms with E-state index in [0.29, 0.717) is 0 Å². The maximum atomic E-state index is 2.54. The minimum absolute atomic E-state index is 0. The third-order valence-corrected chi connectivity index (χ3v) is 33.4. The topological polar surface area (TPSA) is 0 Å². The minimum atomic E-state index is -1.12. The van der Waals surface area contributed by atoms with Gasteiger partial charge in [0.05, 0.1) is 32.3 Å². The van der Waals surface area contributed by atoms with Crippen molar-refractivity contribution in [3.63, 3.8) is 0 Å². The molecule has 0 atom stereocenters. The quantitative estimate of drug-likeness (QED) is 0.441. The summed E-state index contributed by atoms with van der Waals surface area (Å²) < 4.78 is 3.93. The molecular weight excluding hydrogens is 380 g/mol. The van der Waals surface area contributed by atoms with Crippen molar-refractivity contribution in [1.82, 2.24) is 0 Å². The van der Waals surface area contributed by atoms with Crippen LogP contribution < -0.4 is 18.9 Å². The van der Waals surface area contributed by atoms with Crippen molar-refractivity contribution in [3.05, 3.63) is 0 Å². The molecule has 0 aliphatic rings. The molecule has 0 spiro atoms. The molecule has 0 aromatic carbocycles. The summed E-state index contributed by atoms with van der Waals surface area (Å²) in [7, 11) is 0.490. The average Bonchev–Trinajstić information content (AvgIpc) is 2.07. The van der Waals surface area contributed by atoms with Gasteiger partial charge in [0.2, 0.25) is 0 Å². The molecule has 0 fully saturated rings. The fourth-order valence-electron chi connectivity index (χ4n) is 2.96. The van der Waals surface area contributed by atoms with Gasteiger partial charge in [0, 0.05) is 0 Å². The van der Waals surface area contributed by atoms with Crippen LogP contribution in [0.1, 0.15) is 0 Å². The van der Waals surface area contributed by atoms with Gasteiger partial charge in [0.25, 0.3) is 0 Å². The average molecular weight is 417 g/mol. The van der Waals surface area contributed by atoms with Gasteiger partial charge in [-0.15, -0.1) is 0 Å². The normalized spacial score (nSPS) is 14.5. The van der Waals surface area contributed by atoms with Gasteiger partial charge in [0.1, 0.15) is 0 Å². The monoisotopic (exact) mass is 416 g/mol. The van der Waals surface area contributed by atoms with E-state index >= 15 is 0 Å². The molecule has 22 heavy (non-hydrogen) atoms. The van der Waals surface area contributed by atoms with Crippen molar-refractivity contribution in [3.8, 4) is 0 Å². The Bertz CT molecular complexity index is 349. The molecule has 0 saturated carbocycles. The van der Waals surface area contributed by atoms with Crippen LogP contribution in [0.4, 0.5) is 0 Å². The van der Waals surface area contributed by atoms with E-state index in [4.69, 9.17) is 0 Å². The molecule has 0 saturated heterocycles. The Kier molecular flexibility index (Phi) is 11.1. The molecular formula is C14H36LiP3Si4. The molecule has 0 aromatic rings. The Morgan fingerprint density at radius 1 is 0.500 bits per heavy atom. The van der Waals surface area contributed by atoms with Gasteiger partial charge in [-0.2, -0.15) is 0 Å². The van der Waals surface area contributed by atoms with E-state index in [2.05, 4.69) is 78.6 Å². The van der Waals surface area contributed by atoms with Crippen molar-refractivity contribution in [2.75, 3.05) is 0 Å². The van der Waals surface area contributed by atoms with Crippen LogP contribution in [0.3, 0.4) is 0 Å². The van der Waals surface area contributed by atoms with Crippen LogP contribution in [0.15, 0.2) is 0 Å². The fourth-order valence-corrected chi connectivity index (χ4v) is 44.3. The summed E-state index contributed by atoms with van der Waals surface area (Å²) in [5.74, 6) is 0. The van der Waals surface area contributed by atoms with Crippen molar-refractivity contribution in [2.24, 2.45) is 0 Å². The fraction of sp³-hybridized carbons (Fsp3) is 0.857. The molecule has 0 aliphatic heterocycles. The second-order valence-electron chi connectivity index (χ2n) is 9.99. The van der Waals surface area contributed by atoms with Crippen molar-refractivity contribution in [1.29, 1.82) is 0 Å². The van der Waals surface area contributed by atoms with Crippen LogP contribution >= 0.6 is 23.7 Å². The predicted octanol–water partition coefficient (Wildman–Crippen LogP) is 4.51. The van der Waals surface area contributed by atoms with E-state index in [-0.39, 0.29) is 18.9 Å². The van der Waals surface area contributed by atoms with Crippen molar-refractivity contribution >= 4 is 65.1 Å². The first kappa shape index (κ1) is 26.5. The standard InChI is InChI=1S/C14H36P3Si4.Li/c1-18(2,3)13(19(4,5)6)15-17-16-14(20(7,8)9)21(10,11)12;/h1-12H3;/q-1;+1. The van der Waals surface area contributed by atoms with Gasteiger partial charge in [0.15, 0.2) is 0 Å². The molecule has 0 amide bonds. The number of hydrogen-bond acceptors (Lipinski definition) is 0. The summed E-state index contributed by atoms with van der Waals surface area (Å²) >= 11 is 0. The maximum Gasteiger partial charge on any atom is 1.00 e. The molecule has 8 heteroatoms. The van der Waals surface area contributed by atoms with E-state index in [0.717, 1.165) is 0 Å². The first-order valence-electron chi connectivity index (χ1n) is 7.85. The van der Waals surface area contributed by atoms with Gasteiger partial charge in [-0.3, -0.25) is 15.8 Å².